The molecule has 0 aliphatic rings. The summed E-state index contributed by atoms with van der Waals surface area (Å²) >= 11 is 0. The number of aromatic nitrogens is 2. The van der Waals surface area contributed by atoms with Crippen LogP contribution in [0.2, 0.25) is 0 Å². The van der Waals surface area contributed by atoms with Crippen LogP contribution in [-0.4, -0.2) is 32.0 Å². The first-order chi connectivity index (χ1) is 11.5. The van der Waals surface area contributed by atoms with E-state index in [0.29, 0.717) is 12.2 Å². The van der Waals surface area contributed by atoms with Gasteiger partial charge in [-0.2, -0.15) is 0 Å². The third-order valence-corrected chi connectivity index (χ3v) is 5.23. The Hall–Kier alpha value is -2.38. The molecule has 126 valence electrons. The van der Waals surface area contributed by atoms with Gasteiger partial charge >= 0.3 is 0 Å². The Labute approximate surface area is 140 Å². The highest BCUT2D eigenvalue weighted by Gasteiger charge is 2.15. The second-order valence-corrected chi connectivity index (χ2v) is 7.25. The minimum atomic E-state index is -3.56. The number of aromatic amines is 1. The topological polar surface area (TPSA) is 84.1 Å². The Morgan fingerprint density at radius 1 is 1.21 bits per heavy atom. The van der Waals surface area contributed by atoms with Gasteiger partial charge < -0.3 is 9.72 Å². The molecule has 2 N–H and O–H groups in total. The molecular weight excluding hydrogens is 326 g/mol. The SMILES string of the molecule is COc1ccc(S(=O)(=O)NCCc2nc3ccccc3[nH]2)cc1C. The van der Waals surface area contributed by atoms with Crippen LogP contribution in [0.25, 0.3) is 11.0 Å². The van der Waals surface area contributed by atoms with Gasteiger partial charge in [0.1, 0.15) is 11.6 Å². The largest absolute Gasteiger partial charge is 0.496 e. The van der Waals surface area contributed by atoms with Crippen LogP contribution in [0.3, 0.4) is 0 Å². The molecular formula is C17H19N3O3S. The second-order valence-electron chi connectivity index (χ2n) is 5.48. The Balaban J connectivity index is 1.67. The Bertz CT molecular complexity index is 931. The number of rotatable bonds is 6. The fourth-order valence-corrected chi connectivity index (χ4v) is 3.65. The molecule has 0 spiro atoms. The first-order valence-corrected chi connectivity index (χ1v) is 9.06. The number of sulfonamides is 1. The minimum absolute atomic E-state index is 0.227. The van der Waals surface area contributed by atoms with E-state index in [-0.39, 0.29) is 11.4 Å². The number of hydrogen-bond acceptors (Lipinski definition) is 4. The van der Waals surface area contributed by atoms with Gasteiger partial charge in [-0.1, -0.05) is 12.1 Å². The van der Waals surface area contributed by atoms with E-state index in [4.69, 9.17) is 4.74 Å². The normalized spacial score (nSPS) is 11.8. The number of methoxy groups -OCH3 is 1. The van der Waals surface area contributed by atoms with E-state index in [1.54, 1.807) is 19.2 Å². The molecule has 7 heteroatoms. The van der Waals surface area contributed by atoms with Crippen molar-refractivity contribution in [3.8, 4) is 5.75 Å². The minimum Gasteiger partial charge on any atom is -0.496 e. The number of ether oxygens (including phenoxy) is 1. The van der Waals surface area contributed by atoms with Gasteiger partial charge in [0.05, 0.1) is 23.0 Å². The molecule has 0 aliphatic carbocycles. The maximum absolute atomic E-state index is 12.4. The summed E-state index contributed by atoms with van der Waals surface area (Å²) in [7, 11) is -2.00. The summed E-state index contributed by atoms with van der Waals surface area (Å²) in [5, 5.41) is 0. The lowest BCUT2D eigenvalue weighted by Crippen LogP contribution is -2.26. The summed E-state index contributed by atoms with van der Waals surface area (Å²) in [4.78, 5) is 7.85. The van der Waals surface area contributed by atoms with Crippen LogP contribution in [0, 0.1) is 6.92 Å². The summed E-state index contributed by atoms with van der Waals surface area (Å²) in [6, 6.07) is 12.5. The van der Waals surface area contributed by atoms with Gasteiger partial charge in [-0.05, 0) is 42.8 Å². The predicted molar refractivity (Wildman–Crippen MR) is 92.7 cm³/mol. The van der Waals surface area contributed by atoms with Gasteiger partial charge in [0.2, 0.25) is 10.0 Å². The van der Waals surface area contributed by atoms with Crippen molar-refractivity contribution in [2.75, 3.05) is 13.7 Å². The van der Waals surface area contributed by atoms with E-state index in [9.17, 15) is 8.42 Å². The number of nitrogens with one attached hydrogen (secondary N) is 2. The van der Waals surface area contributed by atoms with Crippen LogP contribution in [0.4, 0.5) is 0 Å². The molecule has 3 aromatic rings. The van der Waals surface area contributed by atoms with E-state index in [1.807, 2.05) is 31.2 Å². The van der Waals surface area contributed by atoms with E-state index in [2.05, 4.69) is 14.7 Å². The fourth-order valence-electron chi connectivity index (χ4n) is 2.53. The van der Waals surface area contributed by atoms with Crippen molar-refractivity contribution in [3.63, 3.8) is 0 Å². The lowest BCUT2D eigenvalue weighted by Gasteiger charge is -2.09. The quantitative estimate of drug-likeness (QED) is 0.718. The third-order valence-electron chi connectivity index (χ3n) is 3.77. The highest BCUT2D eigenvalue weighted by atomic mass is 32.2. The van der Waals surface area contributed by atoms with Crippen molar-refractivity contribution in [2.24, 2.45) is 0 Å². The van der Waals surface area contributed by atoms with E-state index >= 15 is 0 Å². The number of imidazole rings is 1. The van der Waals surface area contributed by atoms with E-state index in [0.717, 1.165) is 22.4 Å². The summed E-state index contributed by atoms with van der Waals surface area (Å²) in [6.07, 6.45) is 0.489. The van der Waals surface area contributed by atoms with Crippen molar-refractivity contribution in [3.05, 3.63) is 53.9 Å². The summed E-state index contributed by atoms with van der Waals surface area (Å²) in [5.41, 5.74) is 2.60. The van der Waals surface area contributed by atoms with Gasteiger partial charge in [0.25, 0.3) is 0 Å². The highest BCUT2D eigenvalue weighted by molar-refractivity contribution is 7.89. The van der Waals surface area contributed by atoms with E-state index < -0.39 is 10.0 Å². The van der Waals surface area contributed by atoms with Gasteiger partial charge in [0.15, 0.2) is 0 Å². The number of aryl methyl sites for hydroxylation is 1. The average molecular weight is 345 g/mol. The zero-order valence-corrected chi connectivity index (χ0v) is 14.4. The molecule has 0 radical (unpaired) electrons. The van der Waals surface area contributed by atoms with Crippen LogP contribution in [0.15, 0.2) is 47.4 Å². The van der Waals surface area contributed by atoms with Gasteiger partial charge in [-0.25, -0.2) is 18.1 Å². The molecule has 0 bridgehead atoms. The van der Waals surface area contributed by atoms with Crippen LogP contribution in [-0.2, 0) is 16.4 Å². The monoisotopic (exact) mass is 345 g/mol. The molecule has 6 nitrogen and oxygen atoms in total. The number of benzene rings is 2. The van der Waals surface area contributed by atoms with Crippen LogP contribution >= 0.6 is 0 Å². The van der Waals surface area contributed by atoms with Crippen molar-refractivity contribution >= 4 is 21.1 Å². The smallest absolute Gasteiger partial charge is 0.240 e. The zero-order chi connectivity index (χ0) is 17.2. The zero-order valence-electron chi connectivity index (χ0n) is 13.5. The van der Waals surface area contributed by atoms with Crippen molar-refractivity contribution in [1.82, 2.24) is 14.7 Å². The molecule has 0 saturated carbocycles. The molecule has 0 saturated heterocycles. The standard InChI is InChI=1S/C17H19N3O3S/c1-12-11-13(7-8-16(12)23-2)24(21,22)18-10-9-17-19-14-5-3-4-6-15(14)20-17/h3-8,11,18H,9-10H2,1-2H3,(H,19,20). The molecule has 24 heavy (non-hydrogen) atoms. The highest BCUT2D eigenvalue weighted by Crippen LogP contribution is 2.21. The van der Waals surface area contributed by atoms with Gasteiger partial charge in [0, 0.05) is 13.0 Å². The second kappa shape index (κ2) is 6.62. The number of H-pyrrole nitrogens is 1. The summed E-state index contributed by atoms with van der Waals surface area (Å²) in [6.45, 7) is 2.08. The molecule has 2 aromatic carbocycles. The number of nitrogens with zero attached hydrogens (tertiary/aromatic N) is 1. The van der Waals surface area contributed by atoms with Crippen LogP contribution < -0.4 is 9.46 Å². The maximum Gasteiger partial charge on any atom is 0.240 e. The molecule has 3 rings (SSSR count). The molecule has 0 atom stereocenters. The Morgan fingerprint density at radius 3 is 2.71 bits per heavy atom. The molecule has 0 aliphatic heterocycles. The van der Waals surface area contributed by atoms with Crippen LogP contribution in [0.1, 0.15) is 11.4 Å². The van der Waals surface area contributed by atoms with Crippen molar-refractivity contribution in [2.45, 2.75) is 18.2 Å². The number of hydrogen-bond donors (Lipinski definition) is 2. The lowest BCUT2D eigenvalue weighted by atomic mass is 10.2. The predicted octanol–water partition coefficient (Wildman–Crippen LogP) is 2.40. The van der Waals surface area contributed by atoms with Crippen molar-refractivity contribution in [1.29, 1.82) is 0 Å². The lowest BCUT2D eigenvalue weighted by molar-refractivity contribution is 0.411. The average Bonchev–Trinajstić information content (AvgIpc) is 2.97. The maximum atomic E-state index is 12.4. The molecule has 1 heterocycles. The Morgan fingerprint density at radius 2 is 2.00 bits per heavy atom. The molecule has 0 amide bonds. The summed E-state index contributed by atoms with van der Waals surface area (Å²) in [5.74, 6) is 1.42. The molecule has 1 aromatic heterocycles. The first kappa shape index (κ1) is 16.5. The molecule has 0 fully saturated rings. The Kier molecular flexibility index (Phi) is 4.55. The van der Waals surface area contributed by atoms with Gasteiger partial charge in [-0.15, -0.1) is 0 Å². The first-order valence-electron chi connectivity index (χ1n) is 7.57. The van der Waals surface area contributed by atoms with Gasteiger partial charge in [-0.3, -0.25) is 0 Å². The molecule has 0 unspecified atom stereocenters. The number of para-hydroxylation sites is 2. The third kappa shape index (κ3) is 3.42. The van der Waals surface area contributed by atoms with E-state index in [1.165, 1.54) is 6.07 Å². The number of fused-ring (bicyclic) bond motifs is 1. The summed E-state index contributed by atoms with van der Waals surface area (Å²) < 4.78 is 32.5. The fraction of sp³-hybridized carbons (Fsp3) is 0.235. The van der Waals surface area contributed by atoms with Crippen LogP contribution in [0.5, 0.6) is 5.75 Å². The van der Waals surface area contributed by atoms with Crippen molar-refractivity contribution < 1.29 is 13.2 Å².